The first-order valence-corrected chi connectivity index (χ1v) is 6.60. The van der Waals surface area contributed by atoms with E-state index in [-0.39, 0.29) is 11.6 Å². The second-order valence-corrected chi connectivity index (χ2v) is 5.87. The Balaban J connectivity index is 2.30. The number of anilines is 1. The van der Waals surface area contributed by atoms with Gasteiger partial charge in [-0.2, -0.15) is 0 Å². The number of nitrogens with zero attached hydrogens (tertiary/aromatic N) is 4. The Kier molecular flexibility index (Phi) is 3.24. The quantitative estimate of drug-likeness (QED) is 0.771. The zero-order valence-corrected chi connectivity index (χ0v) is 12.3. The lowest BCUT2D eigenvalue weighted by Crippen LogP contribution is -2.41. The number of carbonyl (C=O) groups is 1. The minimum atomic E-state index is -0.168. The van der Waals surface area contributed by atoms with Crippen molar-refractivity contribution in [3.05, 3.63) is 16.0 Å². The second-order valence-electron chi connectivity index (χ2n) is 4.63. The van der Waals surface area contributed by atoms with Crippen molar-refractivity contribution in [1.29, 1.82) is 0 Å². The van der Waals surface area contributed by atoms with Crippen molar-refractivity contribution in [3.63, 3.8) is 0 Å². The Bertz CT molecular complexity index is 432. The minimum absolute atomic E-state index is 0.0151. The van der Waals surface area contributed by atoms with Gasteiger partial charge in [-0.05, 0) is 43.4 Å². The molecule has 17 heavy (non-hydrogen) atoms. The number of urea groups is 1. The molecule has 1 aliphatic heterocycles. The van der Waals surface area contributed by atoms with Crippen LogP contribution in [0.4, 0.5) is 10.7 Å². The van der Waals surface area contributed by atoms with Crippen molar-refractivity contribution in [2.75, 3.05) is 18.0 Å². The molecule has 0 aliphatic carbocycles. The first-order chi connectivity index (χ1) is 7.95. The van der Waals surface area contributed by atoms with E-state index >= 15 is 0 Å². The largest absolute Gasteiger partial charge is 0.327 e. The number of carbonyl (C=O) groups excluding carboxylic acids is 1. The number of hydrogen-bond donors (Lipinski definition) is 0. The van der Waals surface area contributed by atoms with Gasteiger partial charge < -0.3 is 4.90 Å². The average molecular weight is 346 g/mol. The monoisotopic (exact) mass is 346 g/mol. The summed E-state index contributed by atoms with van der Waals surface area (Å²) in [6.07, 6.45) is 3.44. The van der Waals surface area contributed by atoms with Crippen molar-refractivity contribution in [2.24, 2.45) is 0 Å². The van der Waals surface area contributed by atoms with Crippen molar-refractivity contribution < 1.29 is 4.79 Å². The van der Waals surface area contributed by atoms with Crippen molar-refractivity contribution in [2.45, 2.75) is 26.3 Å². The van der Waals surface area contributed by atoms with Crippen LogP contribution in [0.5, 0.6) is 0 Å². The molecule has 1 aliphatic rings. The van der Waals surface area contributed by atoms with Gasteiger partial charge >= 0.3 is 6.03 Å². The van der Waals surface area contributed by atoms with E-state index in [0.717, 1.165) is 3.57 Å². The molecule has 1 aromatic rings. The standard InChI is InChI=1S/C11H15IN4O/c1-4-16-10(17)15(7-11(16,2)3)9-13-5-8(12)6-14-9/h5-6H,4,7H2,1-3H3. The highest BCUT2D eigenvalue weighted by atomic mass is 127. The van der Waals surface area contributed by atoms with Gasteiger partial charge in [0.15, 0.2) is 0 Å². The van der Waals surface area contributed by atoms with Gasteiger partial charge in [0, 0.05) is 22.5 Å². The molecule has 5 nitrogen and oxygen atoms in total. The van der Waals surface area contributed by atoms with Crippen LogP contribution < -0.4 is 4.90 Å². The zero-order chi connectivity index (χ0) is 12.6. The Morgan fingerprint density at radius 3 is 2.47 bits per heavy atom. The molecule has 0 spiro atoms. The molecule has 0 aromatic carbocycles. The van der Waals surface area contributed by atoms with Crippen LogP contribution in [0.25, 0.3) is 0 Å². The summed E-state index contributed by atoms with van der Waals surface area (Å²) in [5.74, 6) is 0.486. The summed E-state index contributed by atoms with van der Waals surface area (Å²) in [5.41, 5.74) is -0.168. The number of amides is 2. The maximum atomic E-state index is 12.2. The highest BCUT2D eigenvalue weighted by Crippen LogP contribution is 2.28. The number of halogens is 1. The molecule has 6 heteroatoms. The summed E-state index contributed by atoms with van der Waals surface area (Å²) in [7, 11) is 0. The summed E-state index contributed by atoms with van der Waals surface area (Å²) >= 11 is 2.14. The van der Waals surface area contributed by atoms with Gasteiger partial charge in [-0.1, -0.05) is 0 Å². The molecular formula is C11H15IN4O. The molecule has 0 bridgehead atoms. The molecule has 0 saturated carbocycles. The maximum absolute atomic E-state index is 12.2. The Morgan fingerprint density at radius 1 is 1.41 bits per heavy atom. The minimum Gasteiger partial charge on any atom is -0.318 e. The highest BCUT2D eigenvalue weighted by Gasteiger charge is 2.43. The molecule has 1 saturated heterocycles. The molecule has 0 unspecified atom stereocenters. The third kappa shape index (κ3) is 2.22. The predicted molar refractivity (Wildman–Crippen MR) is 74.0 cm³/mol. The van der Waals surface area contributed by atoms with Crippen LogP contribution in [-0.4, -0.2) is 39.5 Å². The van der Waals surface area contributed by atoms with Crippen molar-refractivity contribution in [1.82, 2.24) is 14.9 Å². The lowest BCUT2D eigenvalue weighted by atomic mass is 10.1. The number of aromatic nitrogens is 2. The summed E-state index contributed by atoms with van der Waals surface area (Å²) < 4.78 is 0.963. The maximum Gasteiger partial charge on any atom is 0.327 e. The molecular weight excluding hydrogens is 331 g/mol. The van der Waals surface area contributed by atoms with Crippen LogP contribution in [0.2, 0.25) is 0 Å². The van der Waals surface area contributed by atoms with Crippen LogP contribution in [0.3, 0.4) is 0 Å². The molecule has 0 N–H and O–H groups in total. The lowest BCUT2D eigenvalue weighted by Gasteiger charge is -2.27. The predicted octanol–water partition coefficient (Wildman–Crippen LogP) is 2.12. The van der Waals surface area contributed by atoms with Crippen LogP contribution >= 0.6 is 22.6 Å². The van der Waals surface area contributed by atoms with Gasteiger partial charge in [-0.15, -0.1) is 0 Å². The van der Waals surface area contributed by atoms with Crippen LogP contribution in [0.1, 0.15) is 20.8 Å². The molecule has 1 aromatic heterocycles. The average Bonchev–Trinajstić information content (AvgIpc) is 2.50. The van der Waals surface area contributed by atoms with Crippen molar-refractivity contribution in [3.8, 4) is 0 Å². The number of rotatable bonds is 2. The van der Waals surface area contributed by atoms with Gasteiger partial charge in [0.2, 0.25) is 5.95 Å². The van der Waals surface area contributed by atoms with E-state index in [1.165, 1.54) is 0 Å². The normalized spacial score (nSPS) is 18.9. The van der Waals surface area contributed by atoms with Gasteiger partial charge in [0.25, 0.3) is 0 Å². The van der Waals surface area contributed by atoms with E-state index < -0.39 is 0 Å². The Hall–Kier alpha value is -0.920. The summed E-state index contributed by atoms with van der Waals surface area (Å²) in [4.78, 5) is 24.1. The second kappa shape index (κ2) is 4.40. The van der Waals surface area contributed by atoms with Crippen LogP contribution in [0.15, 0.2) is 12.4 Å². The smallest absolute Gasteiger partial charge is 0.318 e. The summed E-state index contributed by atoms with van der Waals surface area (Å²) in [6, 6.07) is -0.0151. The Labute approximate surface area is 114 Å². The molecule has 0 radical (unpaired) electrons. The first kappa shape index (κ1) is 12.5. The molecule has 92 valence electrons. The SMILES string of the molecule is CCN1C(=O)N(c2ncc(I)cn2)CC1(C)C. The topological polar surface area (TPSA) is 49.3 Å². The number of likely N-dealkylation sites (N-methyl/N-ethyl adjacent to an activating group) is 1. The third-order valence-corrected chi connectivity index (χ3v) is 3.46. The van der Waals surface area contributed by atoms with E-state index in [1.54, 1.807) is 17.3 Å². The fraction of sp³-hybridized carbons (Fsp3) is 0.545. The Morgan fingerprint density at radius 2 is 2.00 bits per heavy atom. The number of hydrogen-bond acceptors (Lipinski definition) is 3. The molecule has 2 rings (SSSR count). The van der Waals surface area contributed by atoms with Crippen molar-refractivity contribution >= 4 is 34.6 Å². The van der Waals surface area contributed by atoms with Gasteiger partial charge in [-0.25, -0.2) is 14.8 Å². The third-order valence-electron chi connectivity index (χ3n) is 2.90. The van der Waals surface area contributed by atoms with Crippen LogP contribution in [-0.2, 0) is 0 Å². The van der Waals surface area contributed by atoms with E-state index in [9.17, 15) is 4.79 Å². The summed E-state index contributed by atoms with van der Waals surface area (Å²) in [6.45, 7) is 7.42. The molecule has 0 atom stereocenters. The van der Waals surface area contributed by atoms with E-state index in [0.29, 0.717) is 19.0 Å². The molecule has 2 amide bonds. The zero-order valence-electron chi connectivity index (χ0n) is 10.1. The van der Waals surface area contributed by atoms with Gasteiger partial charge in [-0.3, -0.25) is 4.90 Å². The fourth-order valence-electron chi connectivity index (χ4n) is 2.11. The first-order valence-electron chi connectivity index (χ1n) is 5.52. The van der Waals surface area contributed by atoms with E-state index in [2.05, 4.69) is 46.4 Å². The highest BCUT2D eigenvalue weighted by molar-refractivity contribution is 14.1. The lowest BCUT2D eigenvalue weighted by molar-refractivity contribution is 0.182. The fourth-order valence-corrected chi connectivity index (χ4v) is 2.39. The van der Waals surface area contributed by atoms with Gasteiger partial charge in [0.05, 0.1) is 12.1 Å². The van der Waals surface area contributed by atoms with E-state index in [1.807, 2.05) is 11.8 Å². The molecule has 1 fully saturated rings. The van der Waals surface area contributed by atoms with Gasteiger partial charge in [0.1, 0.15) is 0 Å². The van der Waals surface area contributed by atoms with Crippen LogP contribution in [0, 0.1) is 3.57 Å². The molecule has 2 heterocycles. The summed E-state index contributed by atoms with van der Waals surface area (Å²) in [5, 5.41) is 0. The van der Waals surface area contributed by atoms with E-state index in [4.69, 9.17) is 0 Å².